The molecule has 5 aromatic rings. The molecule has 71 heavy (non-hydrogen) atoms. The fourth-order valence-corrected chi connectivity index (χ4v) is 7.61. The van der Waals surface area contributed by atoms with Crippen molar-refractivity contribution >= 4 is 111 Å². The SMILES string of the molecule is CC(=O)O.CCCc1cc(C(=O)CBr)ccc1O.CCCc1cc(C(=O)c2sc(Nc3ccc(OCCN(C)C)cc3)nc2N)ccc1O.CCSC(N)=NC(=S)Nc1ccc(OCCN(C)C)cc1.P. The Balaban J connectivity index is 0.000000545. The van der Waals surface area contributed by atoms with Crippen molar-refractivity contribution in [1.29, 1.82) is 0 Å². The van der Waals surface area contributed by atoms with Gasteiger partial charge in [0.15, 0.2) is 21.2 Å². The van der Waals surface area contributed by atoms with E-state index in [0.717, 1.165) is 79.0 Å². The van der Waals surface area contributed by atoms with Crippen LogP contribution in [0.5, 0.6) is 23.0 Å². The Morgan fingerprint density at radius 3 is 1.72 bits per heavy atom. The third-order valence-electron chi connectivity index (χ3n) is 9.09. The van der Waals surface area contributed by atoms with Crippen LogP contribution in [0, 0.1) is 0 Å². The lowest BCUT2D eigenvalue weighted by Gasteiger charge is -2.11. The molecular formula is C50H70BrN8O8PS3. The van der Waals surface area contributed by atoms with E-state index in [-0.39, 0.29) is 38.8 Å². The number of aliphatic imine (C=N–C) groups is 1. The number of aromatic hydroxyl groups is 2. The number of phenolic OH excluding ortho intramolecular Hbond substituents is 2. The van der Waals surface area contributed by atoms with E-state index in [2.05, 4.69) is 46.3 Å². The van der Waals surface area contributed by atoms with Crippen LogP contribution >= 0.6 is 61.1 Å². The van der Waals surface area contributed by atoms with Gasteiger partial charge in [-0.25, -0.2) is 4.98 Å². The van der Waals surface area contributed by atoms with E-state index in [1.807, 2.05) is 97.5 Å². The third-order valence-corrected chi connectivity index (χ3v) is 11.5. The molecule has 0 bridgehead atoms. The van der Waals surface area contributed by atoms with Gasteiger partial charge in [0.25, 0.3) is 5.97 Å². The highest BCUT2D eigenvalue weighted by atomic mass is 79.9. The van der Waals surface area contributed by atoms with E-state index in [0.29, 0.717) is 56.4 Å². The summed E-state index contributed by atoms with van der Waals surface area (Å²) in [5.74, 6) is 2.16. The van der Waals surface area contributed by atoms with Crippen LogP contribution in [-0.2, 0) is 17.6 Å². The molecule has 5 rings (SSSR count). The normalized spacial score (nSPS) is 10.5. The number of carboxylic acid groups (broad SMARTS) is 1. The predicted molar refractivity (Wildman–Crippen MR) is 307 cm³/mol. The highest BCUT2D eigenvalue weighted by molar-refractivity contribution is 9.09. The van der Waals surface area contributed by atoms with Gasteiger partial charge in [-0.3, -0.25) is 14.4 Å². The number of Topliss-reactive ketones (excluding diaryl/α,β-unsaturated/α-hetero) is 1. The molecular weight excluding hydrogens is 1050 g/mol. The number of amidine groups is 1. The first-order chi connectivity index (χ1) is 33.3. The van der Waals surface area contributed by atoms with Crippen molar-refractivity contribution in [2.75, 3.05) is 81.9 Å². The van der Waals surface area contributed by atoms with Gasteiger partial charge in [-0.1, -0.05) is 72.6 Å². The number of hydrogen-bond donors (Lipinski definition) is 7. The van der Waals surface area contributed by atoms with E-state index in [9.17, 15) is 19.8 Å². The minimum Gasteiger partial charge on any atom is -0.508 e. The predicted octanol–water partition coefficient (Wildman–Crippen LogP) is 9.76. The number of phenols is 2. The topological polar surface area (TPSA) is 238 Å². The van der Waals surface area contributed by atoms with Crippen LogP contribution in [0.25, 0.3) is 0 Å². The number of halogens is 1. The maximum absolute atomic E-state index is 13.0. The number of aliphatic carboxylic acids is 1. The summed E-state index contributed by atoms with van der Waals surface area (Å²) in [5.41, 5.74) is 16.2. The number of carboxylic acids is 1. The summed E-state index contributed by atoms with van der Waals surface area (Å²) in [4.78, 5) is 46.2. The number of aromatic nitrogens is 1. The number of nitrogens with one attached hydrogen (secondary N) is 2. The Bertz CT molecular complexity index is 2440. The lowest BCUT2D eigenvalue weighted by atomic mass is 10.0. The monoisotopic (exact) mass is 1120 g/mol. The molecule has 1 aromatic heterocycles. The van der Waals surface area contributed by atoms with Crippen LogP contribution in [0.1, 0.15) is 77.3 Å². The van der Waals surface area contributed by atoms with Gasteiger partial charge in [-0.15, -0.1) is 0 Å². The number of carbonyl (C=O) groups is 3. The summed E-state index contributed by atoms with van der Waals surface area (Å²) in [5, 5.41) is 34.8. The van der Waals surface area contributed by atoms with Crippen LogP contribution in [0.2, 0.25) is 0 Å². The summed E-state index contributed by atoms with van der Waals surface area (Å²) in [6, 6.07) is 25.0. The lowest BCUT2D eigenvalue weighted by molar-refractivity contribution is -0.134. The number of thiocarbonyl (C=S) groups is 1. The van der Waals surface area contributed by atoms with Crippen LogP contribution in [0.4, 0.5) is 22.3 Å². The summed E-state index contributed by atoms with van der Waals surface area (Å²) in [6.45, 7) is 10.2. The average molecular weight is 1120 g/mol. The van der Waals surface area contributed by atoms with Crippen molar-refractivity contribution in [3.8, 4) is 23.0 Å². The Kier molecular flexibility index (Phi) is 31.3. The molecule has 1 heterocycles. The summed E-state index contributed by atoms with van der Waals surface area (Å²) in [6.07, 6.45) is 3.34. The molecule has 0 aliphatic rings. The first-order valence-electron chi connectivity index (χ1n) is 22.3. The van der Waals surface area contributed by atoms with Gasteiger partial charge in [0.1, 0.15) is 46.9 Å². The van der Waals surface area contributed by atoms with Gasteiger partial charge < -0.3 is 56.7 Å². The molecule has 388 valence electrons. The van der Waals surface area contributed by atoms with Crippen molar-refractivity contribution in [3.05, 3.63) is 112 Å². The van der Waals surface area contributed by atoms with Crippen LogP contribution < -0.4 is 31.6 Å². The molecule has 0 aliphatic carbocycles. The van der Waals surface area contributed by atoms with E-state index in [4.69, 9.17) is 43.1 Å². The van der Waals surface area contributed by atoms with Crippen molar-refractivity contribution in [2.24, 2.45) is 10.7 Å². The standard InChI is InChI=1S/C23H28N4O3S.C14H22N4OS2.C11H13BrO2.C2H4O2.H3P/c1-4-5-15-14-16(6-11-19(15)28)20(29)21-22(24)26-23(31-21)25-17-7-9-18(10-8-17)30-13-12-27(2)3;1-4-21-13(15)17-14(20)16-11-5-7-12(8-6-11)19-10-9-18(2)3;1-2-3-8-6-9(11(14)7-12)4-5-10(8)13;1-2(3)4;/h6-11,14,28H,4-5,12-13,24H2,1-3H3,(H,25,26);5-8H,4,9-10H2,1-3H3,(H3,15,16,17,20);4-6,13H,2-3,7H2,1H3;1H3,(H,3,4);1H3. The lowest BCUT2D eigenvalue weighted by Crippen LogP contribution is -2.19. The molecule has 21 heteroatoms. The van der Waals surface area contributed by atoms with Crippen LogP contribution in [-0.4, -0.2) is 123 Å². The Morgan fingerprint density at radius 1 is 0.803 bits per heavy atom. The van der Waals surface area contributed by atoms with Gasteiger partial charge in [0.2, 0.25) is 5.78 Å². The number of ketones is 2. The second kappa shape index (κ2) is 34.9. The largest absolute Gasteiger partial charge is 0.508 e. The van der Waals surface area contributed by atoms with Crippen LogP contribution in [0.3, 0.4) is 0 Å². The highest BCUT2D eigenvalue weighted by Crippen LogP contribution is 2.31. The number of likely N-dealkylation sites (N-methyl/N-ethyl adjacent to an activating group) is 2. The van der Waals surface area contributed by atoms with Gasteiger partial charge in [-0.2, -0.15) is 14.9 Å². The molecule has 0 aliphatic heterocycles. The third kappa shape index (κ3) is 25.6. The van der Waals surface area contributed by atoms with Gasteiger partial charge in [0.05, 0.1) is 5.33 Å². The molecule has 9 N–H and O–H groups in total. The van der Waals surface area contributed by atoms with Crippen LogP contribution in [0.15, 0.2) is 89.9 Å². The molecule has 4 aromatic carbocycles. The summed E-state index contributed by atoms with van der Waals surface area (Å²) < 4.78 is 11.3. The highest BCUT2D eigenvalue weighted by Gasteiger charge is 2.19. The number of thiazole rings is 1. The summed E-state index contributed by atoms with van der Waals surface area (Å²) in [7, 11) is 8.03. The Hall–Kier alpha value is -5.34. The van der Waals surface area contributed by atoms with Gasteiger partial charge in [-0.05, 0) is 155 Å². The molecule has 0 fully saturated rings. The number of nitrogens with two attached hydrogens (primary N) is 2. The van der Waals surface area contributed by atoms with E-state index in [1.54, 1.807) is 36.4 Å². The van der Waals surface area contributed by atoms with Crippen molar-refractivity contribution < 1.29 is 39.2 Å². The second-order valence-corrected chi connectivity index (χ2v) is 18.8. The second-order valence-electron chi connectivity index (χ2n) is 15.6. The number of rotatable bonds is 20. The number of nitrogens with zero attached hydrogens (tertiary/aromatic N) is 4. The molecule has 0 saturated carbocycles. The fraction of sp³-hybridized carbons (Fsp3) is 0.360. The Morgan fingerprint density at radius 2 is 1.27 bits per heavy atom. The van der Waals surface area contributed by atoms with Gasteiger partial charge >= 0.3 is 0 Å². The van der Waals surface area contributed by atoms with E-state index >= 15 is 0 Å². The number of thioether (sulfide) groups is 1. The number of hydrogen-bond acceptors (Lipinski definition) is 15. The van der Waals surface area contributed by atoms with Gasteiger partial charge in [0, 0.05) is 42.5 Å². The zero-order chi connectivity index (χ0) is 52.2. The number of benzene rings is 4. The number of alkyl halides is 1. The first-order valence-corrected chi connectivity index (χ1v) is 25.7. The molecule has 1 atom stereocenters. The van der Waals surface area contributed by atoms with E-state index in [1.165, 1.54) is 23.1 Å². The fourth-order valence-electron chi connectivity index (χ4n) is 5.70. The average Bonchev–Trinajstić information content (AvgIpc) is 3.67. The number of ether oxygens (including phenoxy) is 2. The van der Waals surface area contributed by atoms with Crippen molar-refractivity contribution in [3.63, 3.8) is 0 Å². The first kappa shape index (κ1) is 63.7. The zero-order valence-electron chi connectivity index (χ0n) is 41.8. The quantitative estimate of drug-likeness (QED) is 0.00958. The molecule has 1 unspecified atom stereocenters. The molecule has 0 amide bonds. The molecule has 16 nitrogen and oxygen atoms in total. The molecule has 0 spiro atoms. The Labute approximate surface area is 443 Å². The maximum Gasteiger partial charge on any atom is 0.300 e. The maximum atomic E-state index is 13.0. The van der Waals surface area contributed by atoms with E-state index < -0.39 is 5.97 Å². The number of carbonyl (C=O) groups excluding carboxylic acids is 2. The van der Waals surface area contributed by atoms with Crippen molar-refractivity contribution in [2.45, 2.75) is 53.4 Å². The number of aryl methyl sites for hydroxylation is 2. The number of anilines is 4. The zero-order valence-corrected chi connectivity index (χ0v) is 47.2. The van der Waals surface area contributed by atoms with Crippen molar-refractivity contribution in [1.82, 2.24) is 14.8 Å². The summed E-state index contributed by atoms with van der Waals surface area (Å²) >= 11 is 10.9. The smallest absolute Gasteiger partial charge is 0.300 e. The molecule has 0 radical (unpaired) electrons. The minimum absolute atomic E-state index is 0. The minimum atomic E-state index is -0.833. The molecule has 0 saturated heterocycles. The number of nitrogen functional groups attached to an aromatic ring is 1.